The van der Waals surface area contributed by atoms with Crippen LogP contribution in [-0.4, -0.2) is 36.7 Å². The quantitative estimate of drug-likeness (QED) is 0.922. The predicted molar refractivity (Wildman–Crippen MR) is 86.8 cm³/mol. The summed E-state index contributed by atoms with van der Waals surface area (Å²) in [5.74, 6) is 1.07. The van der Waals surface area contributed by atoms with Crippen LogP contribution >= 0.6 is 0 Å². The van der Waals surface area contributed by atoms with Crippen LogP contribution in [0.2, 0.25) is 0 Å². The summed E-state index contributed by atoms with van der Waals surface area (Å²) >= 11 is 0. The minimum absolute atomic E-state index is 0.0425. The Bertz CT molecular complexity index is 498. The van der Waals surface area contributed by atoms with Crippen LogP contribution in [0.3, 0.4) is 0 Å². The molecule has 3 nitrogen and oxygen atoms in total. The molecule has 1 aromatic carbocycles. The highest BCUT2D eigenvalue weighted by Gasteiger charge is 2.29. The molecule has 3 rings (SSSR count). The van der Waals surface area contributed by atoms with Crippen molar-refractivity contribution in [2.45, 2.75) is 57.7 Å². The number of benzene rings is 1. The molecule has 0 amide bonds. The number of nitrogens with one attached hydrogen (secondary N) is 1. The van der Waals surface area contributed by atoms with E-state index in [0.29, 0.717) is 6.04 Å². The third kappa shape index (κ3) is 3.58. The molecule has 1 atom stereocenters. The van der Waals surface area contributed by atoms with Crippen molar-refractivity contribution < 1.29 is 4.74 Å². The minimum Gasteiger partial charge on any atom is -0.487 e. The third-order valence-corrected chi connectivity index (χ3v) is 4.76. The number of nitrogens with zero attached hydrogens (tertiary/aromatic N) is 1. The van der Waals surface area contributed by atoms with Gasteiger partial charge in [-0.15, -0.1) is 0 Å². The lowest BCUT2D eigenvalue weighted by Crippen LogP contribution is -2.42. The highest BCUT2D eigenvalue weighted by atomic mass is 16.5. The first kappa shape index (κ1) is 14.9. The van der Waals surface area contributed by atoms with Crippen molar-refractivity contribution in [3.8, 4) is 5.75 Å². The molecular formula is C18H28N2O. The number of likely N-dealkylation sites (tertiary alicyclic amines) is 1. The fourth-order valence-corrected chi connectivity index (χ4v) is 3.56. The molecule has 3 heteroatoms. The van der Waals surface area contributed by atoms with Gasteiger partial charge in [-0.05, 0) is 57.5 Å². The van der Waals surface area contributed by atoms with Crippen LogP contribution in [-0.2, 0) is 13.0 Å². The van der Waals surface area contributed by atoms with E-state index in [1.54, 1.807) is 0 Å². The maximum atomic E-state index is 5.94. The van der Waals surface area contributed by atoms with Gasteiger partial charge in [-0.3, -0.25) is 0 Å². The van der Waals surface area contributed by atoms with Crippen LogP contribution in [0.4, 0.5) is 0 Å². The predicted octanol–water partition coefficient (Wildman–Crippen LogP) is 2.97. The van der Waals surface area contributed by atoms with Crippen molar-refractivity contribution >= 4 is 0 Å². The van der Waals surface area contributed by atoms with Gasteiger partial charge in [-0.25, -0.2) is 0 Å². The molecule has 0 bridgehead atoms. The minimum atomic E-state index is -0.0425. The third-order valence-electron chi connectivity index (χ3n) is 4.76. The number of ether oxygens (including phenoxy) is 1. The van der Waals surface area contributed by atoms with Crippen LogP contribution in [0.15, 0.2) is 18.2 Å². The lowest BCUT2D eigenvalue weighted by molar-refractivity contribution is 0.138. The number of rotatable bonds is 4. The standard InChI is InChI=1S/C18H28N2O/c1-18(2)11-15-10-14(7-8-17(15)21-18)12-19-13-16-6-4-5-9-20(16)3/h7-8,10,16,19H,4-6,9,11-13H2,1-3H3. The Kier molecular flexibility index (Phi) is 4.23. The zero-order valence-corrected chi connectivity index (χ0v) is 13.6. The molecule has 1 N–H and O–H groups in total. The Morgan fingerprint density at radius 3 is 3.00 bits per heavy atom. The van der Waals surface area contributed by atoms with Crippen molar-refractivity contribution in [2.24, 2.45) is 0 Å². The smallest absolute Gasteiger partial charge is 0.123 e. The number of fused-ring (bicyclic) bond motifs is 1. The van der Waals surface area contributed by atoms with E-state index >= 15 is 0 Å². The molecular weight excluding hydrogens is 260 g/mol. The van der Waals surface area contributed by atoms with E-state index in [0.717, 1.165) is 25.3 Å². The average Bonchev–Trinajstić information content (AvgIpc) is 2.74. The van der Waals surface area contributed by atoms with Gasteiger partial charge >= 0.3 is 0 Å². The van der Waals surface area contributed by atoms with E-state index in [1.165, 1.54) is 36.9 Å². The van der Waals surface area contributed by atoms with Crippen molar-refractivity contribution in [3.05, 3.63) is 29.3 Å². The average molecular weight is 288 g/mol. The molecule has 1 fully saturated rings. The Morgan fingerprint density at radius 1 is 1.33 bits per heavy atom. The van der Waals surface area contributed by atoms with Gasteiger partial charge in [0, 0.05) is 25.6 Å². The summed E-state index contributed by atoms with van der Waals surface area (Å²) < 4.78 is 5.94. The molecule has 0 aliphatic carbocycles. The summed E-state index contributed by atoms with van der Waals surface area (Å²) in [5.41, 5.74) is 2.68. The molecule has 2 aliphatic rings. The van der Waals surface area contributed by atoms with Gasteiger partial charge in [0.1, 0.15) is 11.4 Å². The summed E-state index contributed by atoms with van der Waals surface area (Å²) in [5, 5.41) is 3.63. The molecule has 21 heavy (non-hydrogen) atoms. The Hall–Kier alpha value is -1.06. The van der Waals surface area contributed by atoms with Crippen molar-refractivity contribution in [2.75, 3.05) is 20.1 Å². The van der Waals surface area contributed by atoms with E-state index in [-0.39, 0.29) is 5.60 Å². The fraction of sp³-hybridized carbons (Fsp3) is 0.667. The van der Waals surface area contributed by atoms with Crippen LogP contribution in [0, 0.1) is 0 Å². The summed E-state index contributed by atoms with van der Waals surface area (Å²) in [7, 11) is 2.25. The maximum absolute atomic E-state index is 5.94. The molecule has 0 radical (unpaired) electrons. The van der Waals surface area contributed by atoms with Gasteiger partial charge in [0.05, 0.1) is 0 Å². The molecule has 116 valence electrons. The lowest BCUT2D eigenvalue weighted by atomic mass is 10.00. The Labute approximate surface area is 128 Å². The van der Waals surface area contributed by atoms with Gasteiger partial charge < -0.3 is 15.0 Å². The van der Waals surface area contributed by atoms with Gasteiger partial charge in [0.15, 0.2) is 0 Å². The normalized spacial score (nSPS) is 24.6. The largest absolute Gasteiger partial charge is 0.487 e. The van der Waals surface area contributed by atoms with E-state index in [9.17, 15) is 0 Å². The zero-order valence-electron chi connectivity index (χ0n) is 13.6. The molecule has 2 heterocycles. The maximum Gasteiger partial charge on any atom is 0.123 e. The van der Waals surface area contributed by atoms with Crippen LogP contribution in [0.25, 0.3) is 0 Å². The fourth-order valence-electron chi connectivity index (χ4n) is 3.56. The summed E-state index contributed by atoms with van der Waals surface area (Å²) in [6, 6.07) is 7.34. The van der Waals surface area contributed by atoms with E-state index in [4.69, 9.17) is 4.74 Å². The molecule has 1 aromatic rings. The van der Waals surface area contributed by atoms with Crippen LogP contribution < -0.4 is 10.1 Å². The molecule has 0 spiro atoms. The number of likely N-dealkylation sites (N-methyl/N-ethyl adjacent to an activating group) is 1. The van der Waals surface area contributed by atoms with Crippen molar-refractivity contribution in [1.29, 1.82) is 0 Å². The molecule has 1 unspecified atom stereocenters. The second-order valence-electron chi connectivity index (χ2n) is 7.24. The van der Waals surface area contributed by atoms with Crippen LogP contribution in [0.1, 0.15) is 44.2 Å². The van der Waals surface area contributed by atoms with E-state index in [2.05, 4.69) is 49.3 Å². The second-order valence-corrected chi connectivity index (χ2v) is 7.24. The van der Waals surface area contributed by atoms with Gasteiger partial charge in [-0.1, -0.05) is 18.6 Å². The first-order valence-electron chi connectivity index (χ1n) is 8.25. The van der Waals surface area contributed by atoms with E-state index in [1.807, 2.05) is 0 Å². The molecule has 0 aromatic heterocycles. The van der Waals surface area contributed by atoms with Gasteiger partial charge in [0.2, 0.25) is 0 Å². The SMILES string of the molecule is CN1CCCCC1CNCc1ccc2c(c1)CC(C)(C)O2. The van der Waals surface area contributed by atoms with Crippen molar-refractivity contribution in [3.63, 3.8) is 0 Å². The first-order valence-corrected chi connectivity index (χ1v) is 8.25. The number of hydrogen-bond acceptors (Lipinski definition) is 3. The zero-order chi connectivity index (χ0) is 14.9. The highest BCUT2D eigenvalue weighted by molar-refractivity contribution is 5.41. The van der Waals surface area contributed by atoms with Gasteiger partial charge in [0.25, 0.3) is 0 Å². The first-order chi connectivity index (χ1) is 10.0. The number of piperidine rings is 1. The monoisotopic (exact) mass is 288 g/mol. The highest BCUT2D eigenvalue weighted by Crippen LogP contribution is 2.35. The topological polar surface area (TPSA) is 24.5 Å². The summed E-state index contributed by atoms with van der Waals surface area (Å²) in [4.78, 5) is 2.50. The van der Waals surface area contributed by atoms with Gasteiger partial charge in [-0.2, -0.15) is 0 Å². The summed E-state index contributed by atoms with van der Waals surface area (Å²) in [6.45, 7) is 7.61. The summed E-state index contributed by atoms with van der Waals surface area (Å²) in [6.07, 6.45) is 5.08. The lowest BCUT2D eigenvalue weighted by Gasteiger charge is -2.32. The molecule has 0 saturated carbocycles. The second kappa shape index (κ2) is 5.98. The Balaban J connectivity index is 1.52. The van der Waals surface area contributed by atoms with Crippen molar-refractivity contribution in [1.82, 2.24) is 10.2 Å². The number of hydrogen-bond donors (Lipinski definition) is 1. The van der Waals surface area contributed by atoms with Crippen LogP contribution in [0.5, 0.6) is 5.75 Å². The Morgan fingerprint density at radius 2 is 2.19 bits per heavy atom. The van der Waals surface area contributed by atoms with E-state index < -0.39 is 0 Å². The molecule has 2 aliphatic heterocycles. The molecule has 1 saturated heterocycles.